The molecule has 2 aromatic rings. The van der Waals surface area contributed by atoms with Crippen molar-refractivity contribution < 1.29 is 14.0 Å². The minimum absolute atomic E-state index is 0.00408. The highest BCUT2D eigenvalue weighted by Crippen LogP contribution is 2.11. The van der Waals surface area contributed by atoms with Gasteiger partial charge in [-0.3, -0.25) is 9.59 Å². The Bertz CT molecular complexity index is 655. The Labute approximate surface area is 130 Å². The molecule has 0 N–H and O–H groups in total. The van der Waals surface area contributed by atoms with Gasteiger partial charge < -0.3 is 9.32 Å². The number of hydrogen-bond donors (Lipinski definition) is 0. The Morgan fingerprint density at radius 2 is 1.68 bits per heavy atom. The number of Topliss-reactive ketones (excluding diaryl/α,β-unsaturated/α-hetero) is 1. The lowest BCUT2D eigenvalue weighted by atomic mass is 10.0. The SMILES string of the molecule is Cc1ccc(C(=O)CCC(=O)N(C)Cc2ccc(C)o2)cc1. The molecule has 0 saturated heterocycles. The molecule has 4 heteroatoms. The molecular weight excluding hydrogens is 278 g/mol. The van der Waals surface area contributed by atoms with Crippen LogP contribution >= 0.6 is 0 Å². The van der Waals surface area contributed by atoms with Crippen molar-refractivity contribution in [3.63, 3.8) is 0 Å². The van der Waals surface area contributed by atoms with E-state index in [1.165, 1.54) is 0 Å². The fraction of sp³-hybridized carbons (Fsp3) is 0.333. The molecule has 116 valence electrons. The third kappa shape index (κ3) is 4.32. The van der Waals surface area contributed by atoms with Gasteiger partial charge in [0, 0.05) is 25.5 Å². The Balaban J connectivity index is 1.83. The van der Waals surface area contributed by atoms with Crippen LogP contribution in [0.3, 0.4) is 0 Å². The second-order valence-corrected chi connectivity index (χ2v) is 5.55. The van der Waals surface area contributed by atoms with Crippen LogP contribution in [0.25, 0.3) is 0 Å². The summed E-state index contributed by atoms with van der Waals surface area (Å²) in [5.41, 5.74) is 1.77. The first-order chi connectivity index (χ1) is 10.5. The van der Waals surface area contributed by atoms with Crippen LogP contribution in [0, 0.1) is 13.8 Å². The Morgan fingerprint density at radius 1 is 1.00 bits per heavy atom. The van der Waals surface area contributed by atoms with Crippen LogP contribution in [0.1, 0.15) is 40.3 Å². The lowest BCUT2D eigenvalue weighted by Gasteiger charge is -2.15. The summed E-state index contributed by atoms with van der Waals surface area (Å²) in [5.74, 6) is 1.51. The molecule has 0 bridgehead atoms. The number of hydrogen-bond acceptors (Lipinski definition) is 3. The van der Waals surface area contributed by atoms with Gasteiger partial charge in [0.05, 0.1) is 6.54 Å². The third-order valence-corrected chi connectivity index (χ3v) is 3.55. The topological polar surface area (TPSA) is 50.5 Å². The summed E-state index contributed by atoms with van der Waals surface area (Å²) >= 11 is 0. The molecule has 0 aliphatic rings. The molecule has 1 aromatic heterocycles. The molecule has 0 aliphatic carbocycles. The van der Waals surface area contributed by atoms with E-state index in [4.69, 9.17) is 4.42 Å². The fourth-order valence-corrected chi connectivity index (χ4v) is 2.19. The van der Waals surface area contributed by atoms with Gasteiger partial charge in [0.2, 0.25) is 5.91 Å². The number of furan rings is 1. The maximum atomic E-state index is 12.1. The van der Waals surface area contributed by atoms with Gasteiger partial charge >= 0.3 is 0 Å². The van der Waals surface area contributed by atoms with E-state index in [1.54, 1.807) is 24.1 Å². The molecule has 0 aliphatic heterocycles. The van der Waals surface area contributed by atoms with E-state index in [0.29, 0.717) is 12.1 Å². The molecule has 0 saturated carbocycles. The van der Waals surface area contributed by atoms with Gasteiger partial charge in [-0.1, -0.05) is 29.8 Å². The number of carbonyl (C=O) groups excluding carboxylic acids is 2. The van der Waals surface area contributed by atoms with Crippen LogP contribution in [0.4, 0.5) is 0 Å². The van der Waals surface area contributed by atoms with E-state index in [9.17, 15) is 9.59 Å². The van der Waals surface area contributed by atoms with Gasteiger partial charge in [-0.05, 0) is 26.0 Å². The Kier molecular flexibility index (Phi) is 5.15. The summed E-state index contributed by atoms with van der Waals surface area (Å²) in [5, 5.41) is 0. The largest absolute Gasteiger partial charge is 0.464 e. The number of carbonyl (C=O) groups is 2. The highest BCUT2D eigenvalue weighted by molar-refractivity contribution is 5.97. The molecule has 0 fully saturated rings. The van der Waals surface area contributed by atoms with Crippen LogP contribution < -0.4 is 0 Å². The van der Waals surface area contributed by atoms with Crippen LogP contribution in [0.2, 0.25) is 0 Å². The number of aryl methyl sites for hydroxylation is 2. The molecule has 0 spiro atoms. The quantitative estimate of drug-likeness (QED) is 0.767. The third-order valence-electron chi connectivity index (χ3n) is 3.55. The zero-order valence-corrected chi connectivity index (χ0v) is 13.3. The van der Waals surface area contributed by atoms with E-state index in [0.717, 1.165) is 17.1 Å². The molecule has 1 aromatic carbocycles. The van der Waals surface area contributed by atoms with E-state index in [2.05, 4.69) is 0 Å². The standard InChI is InChI=1S/C18H21NO3/c1-13-4-7-15(8-5-13)17(20)10-11-18(21)19(3)12-16-9-6-14(2)22-16/h4-9H,10-12H2,1-3H3. The van der Waals surface area contributed by atoms with Crippen molar-refractivity contribution in [2.24, 2.45) is 0 Å². The lowest BCUT2D eigenvalue weighted by molar-refractivity contribution is -0.130. The smallest absolute Gasteiger partial charge is 0.223 e. The second kappa shape index (κ2) is 7.07. The number of amides is 1. The summed E-state index contributed by atoms with van der Waals surface area (Å²) in [6.07, 6.45) is 0.437. The number of nitrogens with zero attached hydrogens (tertiary/aromatic N) is 1. The normalized spacial score (nSPS) is 10.5. The molecule has 1 amide bonds. The van der Waals surface area contributed by atoms with Crippen LogP contribution in [-0.4, -0.2) is 23.6 Å². The predicted molar refractivity (Wildman–Crippen MR) is 84.7 cm³/mol. The maximum Gasteiger partial charge on any atom is 0.223 e. The molecule has 0 atom stereocenters. The average Bonchev–Trinajstić information content (AvgIpc) is 2.90. The van der Waals surface area contributed by atoms with Gasteiger partial charge in [-0.2, -0.15) is 0 Å². The highest BCUT2D eigenvalue weighted by Gasteiger charge is 2.14. The molecular formula is C18H21NO3. The molecule has 1 heterocycles. The molecule has 0 unspecified atom stereocenters. The molecule has 4 nitrogen and oxygen atoms in total. The fourth-order valence-electron chi connectivity index (χ4n) is 2.19. The number of rotatable bonds is 6. The van der Waals surface area contributed by atoms with Gasteiger partial charge in [-0.15, -0.1) is 0 Å². The predicted octanol–water partition coefficient (Wildman–Crippen LogP) is 3.52. The Morgan fingerprint density at radius 3 is 2.27 bits per heavy atom. The van der Waals surface area contributed by atoms with E-state index < -0.39 is 0 Å². The van der Waals surface area contributed by atoms with Crippen molar-refractivity contribution >= 4 is 11.7 Å². The number of benzene rings is 1. The van der Waals surface area contributed by atoms with Crippen LogP contribution in [0.5, 0.6) is 0 Å². The molecule has 2 rings (SSSR count). The summed E-state index contributed by atoms with van der Waals surface area (Å²) in [4.78, 5) is 25.7. The lowest BCUT2D eigenvalue weighted by Crippen LogP contribution is -2.26. The van der Waals surface area contributed by atoms with Crippen molar-refractivity contribution in [2.75, 3.05) is 7.05 Å². The summed E-state index contributed by atoms with van der Waals surface area (Å²) < 4.78 is 5.45. The van der Waals surface area contributed by atoms with Crippen molar-refractivity contribution in [3.8, 4) is 0 Å². The number of ketones is 1. The van der Waals surface area contributed by atoms with Gasteiger partial charge in [0.25, 0.3) is 0 Å². The van der Waals surface area contributed by atoms with E-state index >= 15 is 0 Å². The first kappa shape index (κ1) is 16.0. The molecule has 0 radical (unpaired) electrons. The van der Waals surface area contributed by atoms with Gasteiger partial charge in [0.15, 0.2) is 5.78 Å². The Hall–Kier alpha value is -2.36. The first-order valence-electron chi connectivity index (χ1n) is 7.35. The average molecular weight is 299 g/mol. The maximum absolute atomic E-state index is 12.1. The van der Waals surface area contributed by atoms with Crippen molar-refractivity contribution in [1.82, 2.24) is 4.90 Å². The van der Waals surface area contributed by atoms with Crippen LogP contribution in [-0.2, 0) is 11.3 Å². The van der Waals surface area contributed by atoms with Crippen molar-refractivity contribution in [1.29, 1.82) is 0 Å². The van der Waals surface area contributed by atoms with Crippen molar-refractivity contribution in [2.45, 2.75) is 33.2 Å². The first-order valence-corrected chi connectivity index (χ1v) is 7.35. The van der Waals surface area contributed by atoms with Crippen LogP contribution in [0.15, 0.2) is 40.8 Å². The van der Waals surface area contributed by atoms with Crippen molar-refractivity contribution in [3.05, 3.63) is 59.0 Å². The zero-order chi connectivity index (χ0) is 16.1. The second-order valence-electron chi connectivity index (χ2n) is 5.55. The monoisotopic (exact) mass is 299 g/mol. The van der Waals surface area contributed by atoms with E-state index in [1.807, 2.05) is 38.1 Å². The minimum Gasteiger partial charge on any atom is -0.464 e. The minimum atomic E-state index is -0.0606. The van der Waals surface area contributed by atoms with Gasteiger partial charge in [0.1, 0.15) is 11.5 Å². The summed E-state index contributed by atoms with van der Waals surface area (Å²) in [6.45, 7) is 4.26. The summed E-state index contributed by atoms with van der Waals surface area (Å²) in [7, 11) is 1.72. The summed E-state index contributed by atoms with van der Waals surface area (Å²) in [6, 6.07) is 11.1. The van der Waals surface area contributed by atoms with Gasteiger partial charge in [-0.25, -0.2) is 0 Å². The van der Waals surface area contributed by atoms with E-state index in [-0.39, 0.29) is 24.5 Å². The molecule has 22 heavy (non-hydrogen) atoms. The highest BCUT2D eigenvalue weighted by atomic mass is 16.3. The zero-order valence-electron chi connectivity index (χ0n) is 13.3.